The second-order valence-corrected chi connectivity index (χ2v) is 12.5. The Balaban J connectivity index is 1.35. The lowest BCUT2D eigenvalue weighted by Gasteiger charge is -2.26. The molecule has 0 bridgehead atoms. The van der Waals surface area contributed by atoms with Crippen molar-refractivity contribution in [2.75, 3.05) is 57.4 Å². The summed E-state index contributed by atoms with van der Waals surface area (Å²) in [4.78, 5) is 13.0. The van der Waals surface area contributed by atoms with E-state index in [1.165, 1.54) is 35.7 Å². The molecule has 1 aliphatic heterocycles. The van der Waals surface area contributed by atoms with Crippen molar-refractivity contribution < 1.29 is 35.8 Å². The van der Waals surface area contributed by atoms with E-state index in [0.29, 0.717) is 37.8 Å². The first-order chi connectivity index (χ1) is 19.2. The molecule has 0 aromatic heterocycles. The van der Waals surface area contributed by atoms with Crippen molar-refractivity contribution in [2.24, 2.45) is 0 Å². The maximum absolute atomic E-state index is 13.4. The average molecular weight is 590 g/mol. The summed E-state index contributed by atoms with van der Waals surface area (Å²) in [6, 6.07) is 20.3. The standard InChI is InChI=1S/C27H31N3O8S2/c1-36-24-7-5-6-22(20-24)30(40(34,35)25-8-3-2-4-9-25)21-27(31)28-14-17-38-23-10-12-26(13-11-23)39(32,33)29-15-18-37-19-16-29/h2-13,20H,14-19,21H2,1H3,(H,28,31). The van der Waals surface area contributed by atoms with Crippen molar-refractivity contribution in [3.05, 3.63) is 78.9 Å². The molecular weight excluding hydrogens is 558 g/mol. The first kappa shape index (κ1) is 29.3. The molecule has 0 spiro atoms. The van der Waals surface area contributed by atoms with E-state index in [0.717, 1.165) is 4.31 Å². The monoisotopic (exact) mass is 589 g/mol. The minimum absolute atomic E-state index is 0.0491. The Morgan fingerprint density at radius 3 is 2.27 bits per heavy atom. The van der Waals surface area contributed by atoms with E-state index in [4.69, 9.17) is 14.2 Å². The number of sulfonamides is 2. The van der Waals surface area contributed by atoms with Gasteiger partial charge in [0.1, 0.15) is 24.7 Å². The van der Waals surface area contributed by atoms with Crippen molar-refractivity contribution in [2.45, 2.75) is 9.79 Å². The molecule has 0 unspecified atom stereocenters. The van der Waals surface area contributed by atoms with Gasteiger partial charge in [-0.1, -0.05) is 24.3 Å². The summed E-state index contributed by atoms with van der Waals surface area (Å²) < 4.78 is 70.8. The highest BCUT2D eigenvalue weighted by atomic mass is 32.2. The van der Waals surface area contributed by atoms with Crippen LogP contribution in [0.1, 0.15) is 0 Å². The summed E-state index contributed by atoms with van der Waals surface area (Å²) in [5.41, 5.74) is 0.279. The topological polar surface area (TPSA) is 132 Å². The molecular formula is C27H31N3O8S2. The summed E-state index contributed by atoms with van der Waals surface area (Å²) in [6.45, 7) is 1.07. The van der Waals surface area contributed by atoms with Crippen LogP contribution in [0.3, 0.4) is 0 Å². The van der Waals surface area contributed by atoms with Gasteiger partial charge in [-0.3, -0.25) is 9.10 Å². The number of carbonyl (C=O) groups excluding carboxylic acids is 1. The molecule has 0 radical (unpaired) electrons. The van der Waals surface area contributed by atoms with Crippen LogP contribution in [0.15, 0.2) is 88.7 Å². The normalized spacial score (nSPS) is 14.3. The quantitative estimate of drug-likeness (QED) is 0.318. The molecule has 0 aliphatic carbocycles. The third-order valence-corrected chi connectivity index (χ3v) is 9.79. The van der Waals surface area contributed by atoms with Crippen LogP contribution < -0.4 is 19.1 Å². The number of morpholine rings is 1. The van der Waals surface area contributed by atoms with Crippen molar-refractivity contribution in [3.63, 3.8) is 0 Å². The highest BCUT2D eigenvalue weighted by Gasteiger charge is 2.28. The Labute approximate surface area is 234 Å². The van der Waals surface area contributed by atoms with Crippen LogP contribution in [-0.4, -0.2) is 80.2 Å². The average Bonchev–Trinajstić information content (AvgIpc) is 2.99. The van der Waals surface area contributed by atoms with Crippen molar-refractivity contribution in [1.29, 1.82) is 0 Å². The molecule has 3 aromatic rings. The molecule has 1 amide bonds. The minimum atomic E-state index is -4.05. The van der Waals surface area contributed by atoms with Gasteiger partial charge in [0.05, 0.1) is 42.3 Å². The number of nitrogens with one attached hydrogen (secondary N) is 1. The van der Waals surface area contributed by atoms with Gasteiger partial charge in [-0.25, -0.2) is 16.8 Å². The molecule has 1 saturated heterocycles. The number of carbonyl (C=O) groups is 1. The van der Waals surface area contributed by atoms with Crippen LogP contribution in [0.4, 0.5) is 5.69 Å². The highest BCUT2D eigenvalue weighted by Crippen LogP contribution is 2.27. The second-order valence-electron chi connectivity index (χ2n) is 8.71. The van der Waals surface area contributed by atoms with E-state index in [9.17, 15) is 21.6 Å². The largest absolute Gasteiger partial charge is 0.497 e. The molecule has 214 valence electrons. The summed E-state index contributed by atoms with van der Waals surface area (Å²) >= 11 is 0. The lowest BCUT2D eigenvalue weighted by molar-refractivity contribution is -0.119. The molecule has 1 aliphatic rings. The lowest BCUT2D eigenvalue weighted by Crippen LogP contribution is -2.41. The van der Waals surface area contributed by atoms with E-state index in [1.54, 1.807) is 54.6 Å². The van der Waals surface area contributed by atoms with Crippen molar-refractivity contribution in [1.82, 2.24) is 9.62 Å². The van der Waals surface area contributed by atoms with E-state index in [-0.39, 0.29) is 28.6 Å². The fourth-order valence-electron chi connectivity index (χ4n) is 3.99. The fraction of sp³-hybridized carbons (Fsp3) is 0.296. The Kier molecular flexibility index (Phi) is 9.63. The van der Waals surface area contributed by atoms with E-state index < -0.39 is 32.5 Å². The Morgan fingerprint density at radius 1 is 0.900 bits per heavy atom. The molecule has 3 aromatic carbocycles. The summed E-state index contributed by atoms with van der Waals surface area (Å²) in [6.07, 6.45) is 0. The van der Waals surface area contributed by atoms with E-state index in [1.807, 2.05) is 0 Å². The van der Waals surface area contributed by atoms with Crippen LogP contribution in [0.2, 0.25) is 0 Å². The Morgan fingerprint density at radius 2 is 1.60 bits per heavy atom. The van der Waals surface area contributed by atoms with Gasteiger partial charge < -0.3 is 19.5 Å². The predicted octanol–water partition coefficient (Wildman–Crippen LogP) is 2.11. The molecule has 40 heavy (non-hydrogen) atoms. The van der Waals surface area contributed by atoms with Gasteiger partial charge >= 0.3 is 0 Å². The van der Waals surface area contributed by atoms with Gasteiger partial charge in [0.2, 0.25) is 15.9 Å². The number of ether oxygens (including phenoxy) is 3. The third kappa shape index (κ3) is 7.10. The first-order valence-corrected chi connectivity index (χ1v) is 15.4. The number of hydrogen-bond acceptors (Lipinski definition) is 8. The highest BCUT2D eigenvalue weighted by molar-refractivity contribution is 7.92. The van der Waals surface area contributed by atoms with Gasteiger partial charge in [0, 0.05) is 19.2 Å². The number of amides is 1. The Bertz CT molecular complexity index is 1490. The van der Waals surface area contributed by atoms with Gasteiger partial charge in [0.15, 0.2) is 0 Å². The molecule has 13 heteroatoms. The molecule has 4 rings (SSSR count). The van der Waals surface area contributed by atoms with Crippen LogP contribution in [0, 0.1) is 0 Å². The molecule has 0 saturated carbocycles. The molecule has 1 fully saturated rings. The molecule has 0 atom stereocenters. The number of rotatable bonds is 12. The summed E-state index contributed by atoms with van der Waals surface area (Å²) in [5, 5.41) is 2.67. The zero-order valence-corrected chi connectivity index (χ0v) is 23.6. The van der Waals surface area contributed by atoms with Crippen LogP contribution in [0.5, 0.6) is 11.5 Å². The smallest absolute Gasteiger partial charge is 0.264 e. The number of benzene rings is 3. The molecule has 1 heterocycles. The fourth-order valence-corrected chi connectivity index (χ4v) is 6.83. The van der Waals surface area contributed by atoms with E-state index in [2.05, 4.69) is 5.32 Å². The Hall–Kier alpha value is -3.65. The summed E-state index contributed by atoms with van der Waals surface area (Å²) in [7, 11) is -6.18. The first-order valence-electron chi connectivity index (χ1n) is 12.5. The maximum Gasteiger partial charge on any atom is 0.264 e. The minimum Gasteiger partial charge on any atom is -0.497 e. The maximum atomic E-state index is 13.4. The molecule has 1 N–H and O–H groups in total. The van der Waals surface area contributed by atoms with Gasteiger partial charge in [-0.05, 0) is 48.5 Å². The van der Waals surface area contributed by atoms with Gasteiger partial charge in [-0.2, -0.15) is 4.31 Å². The predicted molar refractivity (Wildman–Crippen MR) is 148 cm³/mol. The summed E-state index contributed by atoms with van der Waals surface area (Å²) in [5.74, 6) is 0.348. The third-order valence-electron chi connectivity index (χ3n) is 6.08. The van der Waals surface area contributed by atoms with Gasteiger partial charge in [-0.15, -0.1) is 0 Å². The van der Waals surface area contributed by atoms with Gasteiger partial charge in [0.25, 0.3) is 10.0 Å². The van der Waals surface area contributed by atoms with Crippen molar-refractivity contribution >= 4 is 31.6 Å². The molecule has 11 nitrogen and oxygen atoms in total. The number of anilines is 1. The number of methoxy groups -OCH3 is 1. The number of hydrogen-bond donors (Lipinski definition) is 1. The number of nitrogens with zero attached hydrogens (tertiary/aromatic N) is 2. The van der Waals surface area contributed by atoms with E-state index >= 15 is 0 Å². The van der Waals surface area contributed by atoms with Crippen LogP contribution in [0.25, 0.3) is 0 Å². The SMILES string of the molecule is COc1cccc(N(CC(=O)NCCOc2ccc(S(=O)(=O)N3CCOCC3)cc2)S(=O)(=O)c2ccccc2)c1. The second kappa shape index (κ2) is 13.1. The van der Waals surface area contributed by atoms with Crippen LogP contribution >= 0.6 is 0 Å². The van der Waals surface area contributed by atoms with Crippen molar-refractivity contribution in [3.8, 4) is 11.5 Å². The zero-order valence-electron chi connectivity index (χ0n) is 21.9. The lowest BCUT2D eigenvalue weighted by atomic mass is 10.3. The van der Waals surface area contributed by atoms with Crippen LogP contribution in [-0.2, 0) is 29.6 Å². The zero-order chi connectivity index (χ0) is 28.6.